The zero-order valence-corrected chi connectivity index (χ0v) is 11.2. The summed E-state index contributed by atoms with van der Waals surface area (Å²) in [6.45, 7) is 0. The monoisotopic (exact) mass is 266 g/mol. The quantitative estimate of drug-likeness (QED) is 0.903. The number of ether oxygens (including phenoxy) is 1. The van der Waals surface area contributed by atoms with E-state index in [9.17, 15) is 4.39 Å². The molecule has 0 unspecified atom stereocenters. The van der Waals surface area contributed by atoms with Crippen molar-refractivity contribution in [2.75, 3.05) is 19.5 Å². The molecule has 5 heteroatoms. The summed E-state index contributed by atoms with van der Waals surface area (Å²) < 4.78 is 18.4. The number of thiazole rings is 1. The van der Waals surface area contributed by atoms with Crippen LogP contribution in [0.2, 0.25) is 0 Å². The number of hydrogen-bond acceptors (Lipinski definition) is 4. The third-order valence-corrected chi connectivity index (χ3v) is 3.73. The Morgan fingerprint density at radius 2 is 2.22 bits per heavy atom. The number of halogens is 1. The van der Waals surface area contributed by atoms with E-state index in [-0.39, 0.29) is 5.82 Å². The van der Waals surface area contributed by atoms with Crippen molar-refractivity contribution in [1.29, 1.82) is 0 Å². The molecule has 18 heavy (non-hydrogen) atoms. The van der Waals surface area contributed by atoms with Crippen molar-refractivity contribution in [2.45, 2.75) is 12.8 Å². The number of nitrogens with zero attached hydrogens (tertiary/aromatic N) is 1. The largest absolute Gasteiger partial charge is 0.496 e. The lowest BCUT2D eigenvalue weighted by atomic mass is 10.1. The van der Waals surface area contributed by atoms with Gasteiger partial charge in [0, 0.05) is 18.1 Å². The van der Waals surface area contributed by atoms with Crippen molar-refractivity contribution in [1.82, 2.24) is 4.98 Å². The van der Waals surface area contributed by atoms with Gasteiger partial charge in [-0.05, 0) is 36.6 Å². The van der Waals surface area contributed by atoms with Crippen molar-refractivity contribution in [3.05, 3.63) is 40.7 Å². The van der Waals surface area contributed by atoms with E-state index in [2.05, 4.69) is 10.3 Å². The first kappa shape index (κ1) is 12.8. The normalized spacial score (nSPS) is 10.4. The first-order chi connectivity index (χ1) is 8.72. The summed E-state index contributed by atoms with van der Waals surface area (Å²) in [5.41, 5.74) is 0.886. The molecule has 0 fully saturated rings. The molecule has 0 spiro atoms. The Hall–Kier alpha value is -1.62. The van der Waals surface area contributed by atoms with E-state index >= 15 is 0 Å². The maximum absolute atomic E-state index is 13.2. The second-order valence-electron chi connectivity index (χ2n) is 3.84. The highest BCUT2D eigenvalue weighted by atomic mass is 32.1. The number of methoxy groups -OCH3 is 1. The number of anilines is 1. The summed E-state index contributed by atoms with van der Waals surface area (Å²) in [4.78, 5) is 5.38. The van der Waals surface area contributed by atoms with Crippen LogP contribution in [0.1, 0.15) is 10.4 Å². The van der Waals surface area contributed by atoms with Crippen LogP contribution in [0.5, 0.6) is 5.75 Å². The lowest BCUT2D eigenvalue weighted by Crippen LogP contribution is -1.95. The van der Waals surface area contributed by atoms with Crippen molar-refractivity contribution in [3.8, 4) is 5.75 Å². The Labute approximate surface area is 110 Å². The molecule has 0 radical (unpaired) electrons. The Morgan fingerprint density at radius 3 is 2.89 bits per heavy atom. The average molecular weight is 266 g/mol. The van der Waals surface area contributed by atoms with Gasteiger partial charge < -0.3 is 10.1 Å². The van der Waals surface area contributed by atoms with Crippen LogP contribution < -0.4 is 10.1 Å². The maximum atomic E-state index is 13.2. The lowest BCUT2D eigenvalue weighted by Gasteiger charge is -2.07. The predicted molar refractivity (Wildman–Crippen MR) is 72.0 cm³/mol. The van der Waals surface area contributed by atoms with Gasteiger partial charge in [0.05, 0.1) is 7.11 Å². The number of aryl methyl sites for hydroxylation is 2. The van der Waals surface area contributed by atoms with Crippen molar-refractivity contribution >= 4 is 16.5 Å². The van der Waals surface area contributed by atoms with Gasteiger partial charge in [0.1, 0.15) is 11.6 Å². The van der Waals surface area contributed by atoms with Crippen LogP contribution in [0.25, 0.3) is 0 Å². The summed E-state index contributed by atoms with van der Waals surface area (Å²) >= 11 is 1.61. The second-order valence-corrected chi connectivity index (χ2v) is 4.95. The van der Waals surface area contributed by atoms with Crippen LogP contribution in [0.15, 0.2) is 24.4 Å². The van der Waals surface area contributed by atoms with Crippen LogP contribution in [0.3, 0.4) is 0 Å². The first-order valence-corrected chi connectivity index (χ1v) is 6.49. The van der Waals surface area contributed by atoms with E-state index in [1.807, 2.05) is 13.2 Å². The molecular weight excluding hydrogens is 251 g/mol. The lowest BCUT2D eigenvalue weighted by molar-refractivity contribution is 0.408. The molecular formula is C13H15FN2OS. The fourth-order valence-electron chi connectivity index (χ4n) is 1.74. The standard InChI is InChI=1S/C13H15FN2OS/c1-15-13-16-8-11(18-13)5-3-9-7-10(14)4-6-12(9)17-2/h4,6-8H,3,5H2,1-2H3,(H,15,16). The molecule has 3 nitrogen and oxygen atoms in total. The summed E-state index contributed by atoms with van der Waals surface area (Å²) in [7, 11) is 3.45. The number of rotatable bonds is 5. The summed E-state index contributed by atoms with van der Waals surface area (Å²) in [6, 6.07) is 4.60. The zero-order valence-electron chi connectivity index (χ0n) is 10.4. The van der Waals surface area contributed by atoms with E-state index in [4.69, 9.17) is 4.74 Å². The maximum Gasteiger partial charge on any atom is 0.182 e. The summed E-state index contributed by atoms with van der Waals surface area (Å²) in [5.74, 6) is 0.501. The van der Waals surface area contributed by atoms with Gasteiger partial charge in [-0.25, -0.2) is 9.37 Å². The van der Waals surface area contributed by atoms with Gasteiger partial charge in [-0.15, -0.1) is 11.3 Å². The molecule has 2 rings (SSSR count). The molecule has 96 valence electrons. The molecule has 0 amide bonds. The molecule has 1 heterocycles. The van der Waals surface area contributed by atoms with E-state index in [0.29, 0.717) is 0 Å². The Morgan fingerprint density at radius 1 is 1.39 bits per heavy atom. The van der Waals surface area contributed by atoms with Gasteiger partial charge in [-0.1, -0.05) is 0 Å². The van der Waals surface area contributed by atoms with Crippen LogP contribution in [-0.4, -0.2) is 19.1 Å². The first-order valence-electron chi connectivity index (χ1n) is 5.68. The molecule has 0 atom stereocenters. The van der Waals surface area contributed by atoms with Crippen LogP contribution in [0.4, 0.5) is 9.52 Å². The number of benzene rings is 1. The van der Waals surface area contributed by atoms with E-state index in [0.717, 1.165) is 29.3 Å². The Balaban J connectivity index is 2.07. The third kappa shape index (κ3) is 2.98. The average Bonchev–Trinajstić information content (AvgIpc) is 2.84. The molecule has 1 aromatic carbocycles. The molecule has 0 aliphatic carbocycles. The predicted octanol–water partition coefficient (Wildman–Crippen LogP) is 3.12. The van der Waals surface area contributed by atoms with Crippen molar-refractivity contribution in [3.63, 3.8) is 0 Å². The molecule has 0 saturated heterocycles. The van der Waals surface area contributed by atoms with Crippen LogP contribution in [0, 0.1) is 5.82 Å². The highest BCUT2D eigenvalue weighted by Gasteiger charge is 2.06. The molecule has 2 aromatic rings. The molecule has 1 aromatic heterocycles. The fourth-order valence-corrected chi connectivity index (χ4v) is 2.50. The van der Waals surface area contributed by atoms with E-state index < -0.39 is 0 Å². The van der Waals surface area contributed by atoms with Gasteiger partial charge in [-0.3, -0.25) is 0 Å². The van der Waals surface area contributed by atoms with E-state index in [1.165, 1.54) is 17.0 Å². The minimum atomic E-state index is -0.231. The topological polar surface area (TPSA) is 34.2 Å². The van der Waals surface area contributed by atoms with Crippen LogP contribution in [-0.2, 0) is 12.8 Å². The molecule has 0 bridgehead atoms. The second kappa shape index (κ2) is 5.82. The van der Waals surface area contributed by atoms with Crippen molar-refractivity contribution in [2.24, 2.45) is 0 Å². The summed E-state index contributed by atoms with van der Waals surface area (Å²) in [5, 5.41) is 3.90. The van der Waals surface area contributed by atoms with Gasteiger partial charge in [-0.2, -0.15) is 0 Å². The molecule has 0 aliphatic heterocycles. The van der Waals surface area contributed by atoms with Gasteiger partial charge in [0.25, 0.3) is 0 Å². The molecule has 0 saturated carbocycles. The third-order valence-electron chi connectivity index (χ3n) is 2.65. The number of aromatic nitrogens is 1. The van der Waals surface area contributed by atoms with Crippen molar-refractivity contribution < 1.29 is 9.13 Å². The Kier molecular flexibility index (Phi) is 4.15. The smallest absolute Gasteiger partial charge is 0.182 e. The molecule has 0 aliphatic rings. The number of nitrogens with one attached hydrogen (secondary N) is 1. The number of hydrogen-bond donors (Lipinski definition) is 1. The Bertz CT molecular complexity index is 527. The van der Waals surface area contributed by atoms with Gasteiger partial charge >= 0.3 is 0 Å². The fraction of sp³-hybridized carbons (Fsp3) is 0.308. The minimum absolute atomic E-state index is 0.231. The van der Waals surface area contributed by atoms with Gasteiger partial charge in [0.15, 0.2) is 5.13 Å². The van der Waals surface area contributed by atoms with E-state index in [1.54, 1.807) is 24.5 Å². The highest BCUT2D eigenvalue weighted by molar-refractivity contribution is 7.15. The van der Waals surface area contributed by atoms with Crippen LogP contribution >= 0.6 is 11.3 Å². The van der Waals surface area contributed by atoms with Gasteiger partial charge in [0.2, 0.25) is 0 Å². The highest BCUT2D eigenvalue weighted by Crippen LogP contribution is 2.23. The zero-order chi connectivity index (χ0) is 13.0. The summed E-state index contributed by atoms with van der Waals surface area (Å²) in [6.07, 6.45) is 3.42. The molecule has 1 N–H and O–H groups in total. The minimum Gasteiger partial charge on any atom is -0.496 e. The SMILES string of the molecule is CNc1ncc(CCc2cc(F)ccc2OC)s1.